The number of rotatable bonds is 14. The molecule has 1 rings (SSSR count). The van der Waals surface area contributed by atoms with Gasteiger partial charge in [0.25, 0.3) is 5.91 Å². The number of carbonyl (C=O) groups is 4. The number of unbranched alkanes of at least 4 members (excludes halogenated alkanes) is 2. The first-order chi connectivity index (χ1) is 14.3. The molecule has 0 radical (unpaired) electrons. The van der Waals surface area contributed by atoms with Gasteiger partial charge in [0.2, 0.25) is 17.7 Å². The van der Waals surface area contributed by atoms with Crippen LogP contribution in [0.3, 0.4) is 0 Å². The number of carbonyl (C=O) groups excluding carboxylic acids is 4. The minimum atomic E-state index is -0.810. The largest absolute Gasteiger partial charge is 0.368 e. The Labute approximate surface area is 176 Å². The molecular formula is C20H32N6O4. The van der Waals surface area contributed by atoms with Gasteiger partial charge in [0.15, 0.2) is 0 Å². The second kappa shape index (κ2) is 13.3. The highest BCUT2D eigenvalue weighted by molar-refractivity contribution is 5.97. The zero-order valence-corrected chi connectivity index (χ0v) is 17.1. The molecule has 30 heavy (non-hydrogen) atoms. The average molecular weight is 421 g/mol. The van der Waals surface area contributed by atoms with Crippen molar-refractivity contribution >= 4 is 23.6 Å². The van der Waals surface area contributed by atoms with Crippen LogP contribution in [0.5, 0.6) is 0 Å². The van der Waals surface area contributed by atoms with E-state index in [4.69, 9.17) is 22.9 Å². The maximum absolute atomic E-state index is 12.1. The molecule has 0 saturated carbocycles. The van der Waals surface area contributed by atoms with E-state index in [0.29, 0.717) is 49.9 Å². The first-order valence-corrected chi connectivity index (χ1v) is 9.99. The van der Waals surface area contributed by atoms with Gasteiger partial charge in [-0.05, 0) is 62.9 Å². The number of hydrogen-bond acceptors (Lipinski definition) is 6. The molecule has 166 valence electrons. The summed E-state index contributed by atoms with van der Waals surface area (Å²) in [5.74, 6) is -1.89. The molecule has 10 N–H and O–H groups in total. The van der Waals surface area contributed by atoms with Gasteiger partial charge in [-0.1, -0.05) is 6.42 Å². The highest BCUT2D eigenvalue weighted by atomic mass is 16.2. The summed E-state index contributed by atoms with van der Waals surface area (Å²) in [6.45, 7) is 0.919. The smallest absolute Gasteiger partial charge is 0.251 e. The predicted molar refractivity (Wildman–Crippen MR) is 113 cm³/mol. The molecule has 0 aliphatic heterocycles. The Morgan fingerprint density at radius 1 is 0.867 bits per heavy atom. The number of hydrogen-bond donors (Lipinski definition) is 6. The van der Waals surface area contributed by atoms with Crippen molar-refractivity contribution in [1.82, 2.24) is 10.6 Å². The molecular weight excluding hydrogens is 388 g/mol. The highest BCUT2D eigenvalue weighted by Gasteiger charge is 2.21. The van der Waals surface area contributed by atoms with Crippen molar-refractivity contribution in [2.45, 2.75) is 50.6 Å². The third-order valence-corrected chi connectivity index (χ3v) is 4.60. The SMILES string of the molecule is NCCCCC(N)C(=O)NC(CCCCNC(=O)c1ccc(C(N)=O)cc1)C(N)=O. The molecule has 0 aliphatic rings. The second-order valence-corrected chi connectivity index (χ2v) is 7.05. The molecule has 1 aromatic rings. The Morgan fingerprint density at radius 3 is 2.03 bits per heavy atom. The lowest BCUT2D eigenvalue weighted by atomic mass is 10.1. The maximum Gasteiger partial charge on any atom is 0.251 e. The van der Waals surface area contributed by atoms with Crippen LogP contribution in [0.2, 0.25) is 0 Å². The van der Waals surface area contributed by atoms with Crippen LogP contribution >= 0.6 is 0 Å². The fraction of sp³-hybridized carbons (Fsp3) is 0.500. The Hall–Kier alpha value is -2.98. The first kappa shape index (κ1) is 25.1. The van der Waals surface area contributed by atoms with Crippen LogP contribution in [-0.4, -0.2) is 48.8 Å². The first-order valence-electron chi connectivity index (χ1n) is 9.99. The summed E-state index contributed by atoms with van der Waals surface area (Å²) in [6, 6.07) is 4.49. The fourth-order valence-electron chi connectivity index (χ4n) is 2.77. The van der Waals surface area contributed by atoms with Crippen LogP contribution < -0.4 is 33.6 Å². The number of nitrogens with one attached hydrogen (secondary N) is 2. The van der Waals surface area contributed by atoms with Crippen molar-refractivity contribution in [1.29, 1.82) is 0 Å². The summed E-state index contributed by atoms with van der Waals surface area (Å²) in [6.07, 6.45) is 3.50. The van der Waals surface area contributed by atoms with Gasteiger partial charge in [0.05, 0.1) is 6.04 Å². The van der Waals surface area contributed by atoms with Crippen molar-refractivity contribution in [2.75, 3.05) is 13.1 Å². The van der Waals surface area contributed by atoms with Gasteiger partial charge in [-0.25, -0.2) is 0 Å². The molecule has 2 unspecified atom stereocenters. The van der Waals surface area contributed by atoms with Gasteiger partial charge < -0.3 is 33.6 Å². The van der Waals surface area contributed by atoms with E-state index in [1.54, 1.807) is 0 Å². The Bertz CT molecular complexity index is 723. The molecule has 10 nitrogen and oxygen atoms in total. The van der Waals surface area contributed by atoms with Crippen molar-refractivity contribution in [3.05, 3.63) is 35.4 Å². The van der Waals surface area contributed by atoms with Crippen molar-refractivity contribution in [3.63, 3.8) is 0 Å². The Kier molecular flexibility index (Phi) is 11.1. The Morgan fingerprint density at radius 2 is 1.47 bits per heavy atom. The van der Waals surface area contributed by atoms with E-state index in [0.717, 1.165) is 12.8 Å². The van der Waals surface area contributed by atoms with Crippen molar-refractivity contribution in [2.24, 2.45) is 22.9 Å². The molecule has 0 spiro atoms. The van der Waals surface area contributed by atoms with Gasteiger partial charge in [-0.15, -0.1) is 0 Å². The fourth-order valence-corrected chi connectivity index (χ4v) is 2.77. The topological polar surface area (TPSA) is 196 Å². The standard InChI is InChI=1S/C20H32N6O4/c21-11-3-1-5-15(22)20(30)26-16(18(24)28)6-2-4-12-25-19(29)14-9-7-13(8-10-14)17(23)27/h7-10,15-16H,1-6,11-12,21-22H2,(H2,23,27)(H2,24,28)(H,25,29)(H,26,30). The van der Waals surface area contributed by atoms with E-state index in [1.165, 1.54) is 24.3 Å². The predicted octanol–water partition coefficient (Wildman–Crippen LogP) is -0.888. The summed E-state index contributed by atoms with van der Waals surface area (Å²) >= 11 is 0. The average Bonchev–Trinajstić information content (AvgIpc) is 2.72. The van der Waals surface area contributed by atoms with E-state index in [9.17, 15) is 19.2 Å². The van der Waals surface area contributed by atoms with Crippen LogP contribution in [0.15, 0.2) is 24.3 Å². The quantitative estimate of drug-likeness (QED) is 0.211. The summed E-state index contributed by atoms with van der Waals surface area (Å²) in [5.41, 5.74) is 22.5. The van der Waals surface area contributed by atoms with Gasteiger partial charge in [0.1, 0.15) is 6.04 Å². The normalized spacial score (nSPS) is 12.6. The molecule has 0 aromatic heterocycles. The lowest BCUT2D eigenvalue weighted by Gasteiger charge is -2.18. The monoisotopic (exact) mass is 420 g/mol. The number of benzene rings is 1. The Balaban J connectivity index is 2.35. The molecule has 0 aliphatic carbocycles. The van der Waals surface area contributed by atoms with Gasteiger partial charge in [0, 0.05) is 17.7 Å². The van der Waals surface area contributed by atoms with E-state index >= 15 is 0 Å². The van der Waals surface area contributed by atoms with Crippen LogP contribution in [-0.2, 0) is 9.59 Å². The summed E-state index contributed by atoms with van der Waals surface area (Å²) in [7, 11) is 0. The van der Waals surface area contributed by atoms with Gasteiger partial charge in [-0.3, -0.25) is 19.2 Å². The maximum atomic E-state index is 12.1. The zero-order chi connectivity index (χ0) is 22.5. The van der Waals surface area contributed by atoms with Crippen LogP contribution in [0.4, 0.5) is 0 Å². The van der Waals surface area contributed by atoms with Crippen LogP contribution in [0, 0.1) is 0 Å². The minimum absolute atomic E-state index is 0.283. The molecule has 1 aromatic carbocycles. The molecule has 4 amide bonds. The third-order valence-electron chi connectivity index (χ3n) is 4.60. The lowest BCUT2D eigenvalue weighted by Crippen LogP contribution is -2.50. The van der Waals surface area contributed by atoms with E-state index in [-0.39, 0.29) is 5.91 Å². The van der Waals surface area contributed by atoms with Gasteiger partial charge in [-0.2, -0.15) is 0 Å². The van der Waals surface area contributed by atoms with Gasteiger partial charge >= 0.3 is 0 Å². The third kappa shape index (κ3) is 9.01. The highest BCUT2D eigenvalue weighted by Crippen LogP contribution is 2.05. The summed E-state index contributed by atoms with van der Waals surface area (Å²) < 4.78 is 0. The lowest BCUT2D eigenvalue weighted by molar-refractivity contribution is -0.128. The van der Waals surface area contributed by atoms with Crippen molar-refractivity contribution < 1.29 is 19.2 Å². The number of nitrogens with two attached hydrogens (primary N) is 4. The van der Waals surface area contributed by atoms with E-state index in [2.05, 4.69) is 10.6 Å². The van der Waals surface area contributed by atoms with E-state index in [1.807, 2.05) is 0 Å². The molecule has 10 heteroatoms. The molecule has 0 bridgehead atoms. The summed E-state index contributed by atoms with van der Waals surface area (Å²) in [4.78, 5) is 46.8. The molecule has 0 saturated heterocycles. The molecule has 0 heterocycles. The second-order valence-electron chi connectivity index (χ2n) is 7.05. The van der Waals surface area contributed by atoms with Crippen molar-refractivity contribution in [3.8, 4) is 0 Å². The zero-order valence-electron chi connectivity index (χ0n) is 17.1. The summed E-state index contributed by atoms with van der Waals surface area (Å²) in [5, 5.41) is 5.34. The van der Waals surface area contributed by atoms with Crippen LogP contribution in [0.25, 0.3) is 0 Å². The minimum Gasteiger partial charge on any atom is -0.368 e. The molecule has 2 atom stereocenters. The van der Waals surface area contributed by atoms with Crippen LogP contribution in [0.1, 0.15) is 59.2 Å². The number of primary amides is 2. The number of amides is 4. The van der Waals surface area contributed by atoms with E-state index < -0.39 is 29.8 Å². The molecule has 0 fully saturated rings.